The average molecular weight is 326 g/mol. The molecule has 1 unspecified atom stereocenters. The number of aryl methyl sites for hydroxylation is 3. The van der Waals surface area contributed by atoms with Crippen LogP contribution in [0.25, 0.3) is 0 Å². The fourth-order valence-electron chi connectivity index (χ4n) is 2.32. The molecule has 4 nitrogen and oxygen atoms in total. The van der Waals surface area contributed by atoms with Crippen molar-refractivity contribution in [2.45, 2.75) is 39.8 Å². The minimum atomic E-state index is 0.160. The summed E-state index contributed by atoms with van der Waals surface area (Å²) in [7, 11) is 1.96. The van der Waals surface area contributed by atoms with E-state index in [9.17, 15) is 0 Å². The summed E-state index contributed by atoms with van der Waals surface area (Å²) in [6, 6.07) is 2.16. The molecule has 0 spiro atoms. The van der Waals surface area contributed by atoms with Crippen LogP contribution in [-0.4, -0.2) is 16.8 Å². The van der Waals surface area contributed by atoms with Crippen molar-refractivity contribution in [3.63, 3.8) is 0 Å². The van der Waals surface area contributed by atoms with E-state index in [-0.39, 0.29) is 6.04 Å². The van der Waals surface area contributed by atoms with Gasteiger partial charge in [-0.1, -0.05) is 0 Å². The molecule has 104 valence electrons. The predicted molar refractivity (Wildman–Crippen MR) is 79.3 cm³/mol. The van der Waals surface area contributed by atoms with Crippen LogP contribution in [0.5, 0.6) is 0 Å². The first kappa shape index (κ1) is 14.3. The van der Waals surface area contributed by atoms with Crippen molar-refractivity contribution in [3.05, 3.63) is 39.5 Å². The van der Waals surface area contributed by atoms with Crippen LogP contribution < -0.4 is 5.32 Å². The average Bonchev–Trinajstić information content (AvgIpc) is 2.93. The Morgan fingerprint density at radius 1 is 1.47 bits per heavy atom. The molecule has 2 aromatic rings. The van der Waals surface area contributed by atoms with E-state index in [2.05, 4.69) is 40.2 Å². The Balaban J connectivity index is 2.31. The van der Waals surface area contributed by atoms with Gasteiger partial charge in [0.2, 0.25) is 0 Å². The van der Waals surface area contributed by atoms with Crippen LogP contribution in [0.3, 0.4) is 0 Å². The summed E-state index contributed by atoms with van der Waals surface area (Å²) in [5.41, 5.74) is 3.41. The van der Waals surface area contributed by atoms with Crippen LogP contribution in [0.2, 0.25) is 0 Å². The molecule has 1 atom stereocenters. The Kier molecular flexibility index (Phi) is 4.47. The molecular formula is C14H20BrN3O. The maximum absolute atomic E-state index is 5.60. The summed E-state index contributed by atoms with van der Waals surface area (Å²) in [6.45, 7) is 7.07. The third-order valence-electron chi connectivity index (χ3n) is 3.42. The van der Waals surface area contributed by atoms with Gasteiger partial charge < -0.3 is 9.73 Å². The van der Waals surface area contributed by atoms with Gasteiger partial charge in [0.15, 0.2) is 0 Å². The molecule has 0 saturated heterocycles. The van der Waals surface area contributed by atoms with Crippen molar-refractivity contribution in [3.8, 4) is 0 Å². The number of halogens is 1. The summed E-state index contributed by atoms with van der Waals surface area (Å²) in [5, 5.41) is 7.86. The van der Waals surface area contributed by atoms with E-state index in [1.165, 1.54) is 11.3 Å². The summed E-state index contributed by atoms with van der Waals surface area (Å²) in [6.07, 6.45) is 2.59. The maximum Gasteiger partial charge on any atom is 0.123 e. The predicted octanol–water partition coefficient (Wildman–Crippen LogP) is 3.38. The molecule has 2 rings (SSSR count). The molecular weight excluding hydrogens is 306 g/mol. The van der Waals surface area contributed by atoms with Crippen LogP contribution in [0.4, 0.5) is 0 Å². The van der Waals surface area contributed by atoms with Crippen molar-refractivity contribution >= 4 is 15.9 Å². The lowest BCUT2D eigenvalue weighted by Crippen LogP contribution is -2.21. The van der Waals surface area contributed by atoms with E-state index in [0.29, 0.717) is 0 Å². The molecule has 1 N–H and O–H groups in total. The zero-order valence-electron chi connectivity index (χ0n) is 11.8. The van der Waals surface area contributed by atoms with Crippen molar-refractivity contribution in [2.24, 2.45) is 0 Å². The fraction of sp³-hybridized carbons (Fsp3) is 0.500. The molecule has 0 fully saturated rings. The second kappa shape index (κ2) is 5.92. The minimum absolute atomic E-state index is 0.160. The van der Waals surface area contributed by atoms with Gasteiger partial charge in [-0.05, 0) is 55.4 Å². The van der Waals surface area contributed by atoms with Gasteiger partial charge in [-0.25, -0.2) is 0 Å². The molecule has 0 radical (unpaired) electrons. The maximum atomic E-state index is 5.60. The number of aromatic nitrogens is 2. The molecule has 2 aromatic heterocycles. The van der Waals surface area contributed by atoms with Gasteiger partial charge >= 0.3 is 0 Å². The monoisotopic (exact) mass is 325 g/mol. The number of hydrogen-bond acceptors (Lipinski definition) is 3. The third-order valence-corrected chi connectivity index (χ3v) is 4.45. The molecule has 2 heterocycles. The summed E-state index contributed by atoms with van der Waals surface area (Å²) in [4.78, 5) is 0. The number of nitrogens with zero attached hydrogens (tertiary/aromatic N) is 2. The van der Waals surface area contributed by atoms with E-state index >= 15 is 0 Å². The van der Waals surface area contributed by atoms with Gasteiger partial charge in [-0.2, -0.15) is 5.10 Å². The van der Waals surface area contributed by atoms with Crippen molar-refractivity contribution < 1.29 is 4.42 Å². The molecule has 0 aliphatic rings. The van der Waals surface area contributed by atoms with Gasteiger partial charge in [0.25, 0.3) is 0 Å². The number of hydrogen-bond donors (Lipinski definition) is 1. The van der Waals surface area contributed by atoms with Crippen LogP contribution in [0.15, 0.2) is 21.2 Å². The highest BCUT2D eigenvalue weighted by atomic mass is 79.9. The smallest absolute Gasteiger partial charge is 0.123 e. The molecule has 0 aliphatic heterocycles. The largest absolute Gasteiger partial charge is 0.467 e. The Bertz CT molecular complexity index is 559. The Morgan fingerprint density at radius 3 is 2.74 bits per heavy atom. The first-order valence-corrected chi connectivity index (χ1v) is 7.30. The van der Waals surface area contributed by atoms with Gasteiger partial charge in [0.05, 0.1) is 28.2 Å². The number of furan rings is 1. The van der Waals surface area contributed by atoms with Gasteiger partial charge in [-0.3, -0.25) is 4.68 Å². The molecule has 0 aromatic carbocycles. The van der Waals surface area contributed by atoms with E-state index < -0.39 is 0 Å². The lowest BCUT2D eigenvalue weighted by molar-refractivity contribution is 0.418. The zero-order valence-corrected chi connectivity index (χ0v) is 13.4. The second-order valence-electron chi connectivity index (χ2n) is 4.68. The standard InChI is InChI=1S/C14H20BrN3O/c1-5-18-12(13(15)10(3)17-18)8-11(16-4)14-9(2)6-7-19-14/h6-7,11,16H,5,8H2,1-4H3. The van der Waals surface area contributed by atoms with E-state index in [1.54, 1.807) is 6.26 Å². The summed E-state index contributed by atoms with van der Waals surface area (Å²) in [5.74, 6) is 0.996. The van der Waals surface area contributed by atoms with Crippen molar-refractivity contribution in [1.82, 2.24) is 15.1 Å². The molecule has 0 saturated carbocycles. The molecule has 19 heavy (non-hydrogen) atoms. The number of nitrogens with one attached hydrogen (secondary N) is 1. The lowest BCUT2D eigenvalue weighted by Gasteiger charge is -2.16. The van der Waals surface area contributed by atoms with E-state index in [4.69, 9.17) is 4.42 Å². The summed E-state index contributed by atoms with van der Waals surface area (Å²) < 4.78 is 8.74. The van der Waals surface area contributed by atoms with Crippen LogP contribution in [0, 0.1) is 13.8 Å². The molecule has 0 aliphatic carbocycles. The van der Waals surface area contributed by atoms with Crippen LogP contribution in [-0.2, 0) is 13.0 Å². The zero-order chi connectivity index (χ0) is 14.0. The van der Waals surface area contributed by atoms with Crippen molar-refractivity contribution in [1.29, 1.82) is 0 Å². The number of rotatable bonds is 5. The number of likely N-dealkylation sites (N-methyl/N-ethyl adjacent to an activating group) is 1. The topological polar surface area (TPSA) is 43.0 Å². The first-order chi connectivity index (χ1) is 9.08. The molecule has 5 heteroatoms. The normalized spacial score (nSPS) is 12.9. The second-order valence-corrected chi connectivity index (χ2v) is 5.47. The quantitative estimate of drug-likeness (QED) is 0.916. The lowest BCUT2D eigenvalue weighted by atomic mass is 10.1. The van der Waals surface area contributed by atoms with Gasteiger partial charge in [0, 0.05) is 13.0 Å². The highest BCUT2D eigenvalue weighted by molar-refractivity contribution is 9.10. The Labute approximate surface area is 122 Å². The van der Waals surface area contributed by atoms with Crippen LogP contribution >= 0.6 is 15.9 Å². The highest BCUT2D eigenvalue weighted by Crippen LogP contribution is 2.28. The van der Waals surface area contributed by atoms with Crippen LogP contribution in [0.1, 0.15) is 35.7 Å². The summed E-state index contributed by atoms with van der Waals surface area (Å²) >= 11 is 3.64. The van der Waals surface area contributed by atoms with E-state index in [1.807, 2.05) is 24.7 Å². The van der Waals surface area contributed by atoms with Crippen molar-refractivity contribution in [2.75, 3.05) is 7.05 Å². The Hall–Kier alpha value is -1.07. The van der Waals surface area contributed by atoms with E-state index in [0.717, 1.165) is 28.9 Å². The Morgan fingerprint density at radius 2 is 2.21 bits per heavy atom. The SMILES string of the molecule is CCn1nc(C)c(Br)c1CC(NC)c1occc1C. The highest BCUT2D eigenvalue weighted by Gasteiger charge is 2.21. The fourth-order valence-corrected chi connectivity index (χ4v) is 2.77. The first-order valence-electron chi connectivity index (χ1n) is 6.51. The minimum Gasteiger partial charge on any atom is -0.467 e. The van der Waals surface area contributed by atoms with Gasteiger partial charge in [-0.15, -0.1) is 0 Å². The van der Waals surface area contributed by atoms with Gasteiger partial charge in [0.1, 0.15) is 5.76 Å². The molecule has 0 amide bonds. The third kappa shape index (κ3) is 2.77. The molecule has 0 bridgehead atoms.